The molecule has 0 bridgehead atoms. The molecule has 0 amide bonds. The van der Waals surface area contributed by atoms with E-state index < -0.39 is 11.9 Å². The van der Waals surface area contributed by atoms with Crippen LogP contribution in [0.25, 0.3) is 0 Å². The standard InChI is InChI=1S/C9H10BrFO3/c1-4(12)5-3-6(10)7(11)9(14-2)8(5)13/h3-4,12-13H,1-2H3. The van der Waals surface area contributed by atoms with Crippen molar-refractivity contribution < 1.29 is 19.3 Å². The Morgan fingerprint density at radius 2 is 2.14 bits per heavy atom. The van der Waals surface area contributed by atoms with E-state index in [1.54, 1.807) is 0 Å². The van der Waals surface area contributed by atoms with Crippen molar-refractivity contribution in [2.75, 3.05) is 7.11 Å². The van der Waals surface area contributed by atoms with Gasteiger partial charge >= 0.3 is 0 Å². The molecule has 0 spiro atoms. The SMILES string of the molecule is COc1c(O)c(C(C)O)cc(Br)c1F. The smallest absolute Gasteiger partial charge is 0.198 e. The first-order valence-corrected chi connectivity index (χ1v) is 4.71. The van der Waals surface area contributed by atoms with Gasteiger partial charge in [0.25, 0.3) is 0 Å². The molecule has 0 radical (unpaired) electrons. The zero-order valence-corrected chi connectivity index (χ0v) is 9.30. The minimum Gasteiger partial charge on any atom is -0.504 e. The Labute approximate surface area is 89.3 Å². The van der Waals surface area contributed by atoms with E-state index in [2.05, 4.69) is 20.7 Å². The van der Waals surface area contributed by atoms with Crippen molar-refractivity contribution >= 4 is 15.9 Å². The summed E-state index contributed by atoms with van der Waals surface area (Å²) in [4.78, 5) is 0. The number of aliphatic hydroxyl groups is 1. The minimum absolute atomic E-state index is 0.142. The van der Waals surface area contributed by atoms with Crippen LogP contribution in [-0.4, -0.2) is 17.3 Å². The number of methoxy groups -OCH3 is 1. The maximum atomic E-state index is 13.3. The van der Waals surface area contributed by atoms with Crippen LogP contribution in [0.5, 0.6) is 11.5 Å². The summed E-state index contributed by atoms with van der Waals surface area (Å²) in [5, 5.41) is 18.8. The number of aliphatic hydroxyl groups excluding tert-OH is 1. The van der Waals surface area contributed by atoms with Gasteiger partial charge in [0.15, 0.2) is 17.3 Å². The van der Waals surface area contributed by atoms with Gasteiger partial charge in [-0.25, -0.2) is 4.39 Å². The Kier molecular flexibility index (Phi) is 3.34. The number of phenols is 1. The monoisotopic (exact) mass is 264 g/mol. The number of phenolic OH excluding ortho intramolecular Hbond substituents is 1. The predicted molar refractivity (Wildman–Crippen MR) is 53.0 cm³/mol. The largest absolute Gasteiger partial charge is 0.504 e. The molecule has 3 nitrogen and oxygen atoms in total. The van der Waals surface area contributed by atoms with Crippen LogP contribution in [-0.2, 0) is 0 Å². The molecule has 0 aliphatic carbocycles. The molecular weight excluding hydrogens is 255 g/mol. The molecule has 1 unspecified atom stereocenters. The molecule has 1 atom stereocenters. The molecule has 2 N–H and O–H groups in total. The van der Waals surface area contributed by atoms with Gasteiger partial charge in [-0.05, 0) is 28.9 Å². The van der Waals surface area contributed by atoms with Gasteiger partial charge in [-0.1, -0.05) is 0 Å². The zero-order valence-electron chi connectivity index (χ0n) is 7.71. The summed E-state index contributed by atoms with van der Waals surface area (Å²) in [5.41, 5.74) is 0.218. The molecule has 5 heteroatoms. The zero-order chi connectivity index (χ0) is 10.9. The topological polar surface area (TPSA) is 49.7 Å². The molecule has 0 aromatic heterocycles. The lowest BCUT2D eigenvalue weighted by atomic mass is 10.1. The van der Waals surface area contributed by atoms with Crippen LogP contribution < -0.4 is 4.74 Å². The van der Waals surface area contributed by atoms with E-state index in [0.717, 1.165) is 0 Å². The van der Waals surface area contributed by atoms with Crippen LogP contribution in [0.3, 0.4) is 0 Å². The molecule has 1 rings (SSSR count). The van der Waals surface area contributed by atoms with Gasteiger partial charge in [-0.15, -0.1) is 0 Å². The Balaban J connectivity index is 3.42. The highest BCUT2D eigenvalue weighted by atomic mass is 79.9. The average Bonchev–Trinajstić information content (AvgIpc) is 2.12. The number of ether oxygens (including phenoxy) is 1. The number of halogens is 2. The first-order valence-electron chi connectivity index (χ1n) is 3.92. The van der Waals surface area contributed by atoms with E-state index >= 15 is 0 Å². The molecular formula is C9H10BrFO3. The van der Waals surface area contributed by atoms with Crippen LogP contribution >= 0.6 is 15.9 Å². The Morgan fingerprint density at radius 1 is 1.57 bits per heavy atom. The van der Waals surface area contributed by atoms with E-state index in [4.69, 9.17) is 0 Å². The van der Waals surface area contributed by atoms with E-state index in [-0.39, 0.29) is 21.5 Å². The number of hydrogen-bond donors (Lipinski definition) is 2. The van der Waals surface area contributed by atoms with Gasteiger partial charge in [-0.2, -0.15) is 0 Å². The number of hydrogen-bond acceptors (Lipinski definition) is 3. The second-order valence-corrected chi connectivity index (χ2v) is 3.67. The second-order valence-electron chi connectivity index (χ2n) is 2.82. The maximum Gasteiger partial charge on any atom is 0.198 e. The molecule has 0 aliphatic heterocycles. The average molecular weight is 265 g/mol. The van der Waals surface area contributed by atoms with E-state index in [9.17, 15) is 14.6 Å². The molecule has 1 aromatic carbocycles. The highest BCUT2D eigenvalue weighted by molar-refractivity contribution is 9.10. The summed E-state index contributed by atoms with van der Waals surface area (Å²) >= 11 is 2.96. The lowest BCUT2D eigenvalue weighted by Gasteiger charge is -2.12. The summed E-state index contributed by atoms with van der Waals surface area (Å²) in [5.74, 6) is -1.33. The van der Waals surface area contributed by atoms with E-state index in [0.29, 0.717) is 0 Å². The van der Waals surface area contributed by atoms with Crippen molar-refractivity contribution in [3.8, 4) is 11.5 Å². The quantitative estimate of drug-likeness (QED) is 0.862. The summed E-state index contributed by atoms with van der Waals surface area (Å²) in [6.07, 6.45) is -0.888. The molecule has 0 fully saturated rings. The van der Waals surface area contributed by atoms with Crippen molar-refractivity contribution in [3.05, 3.63) is 21.9 Å². The Morgan fingerprint density at radius 3 is 2.57 bits per heavy atom. The van der Waals surface area contributed by atoms with Gasteiger partial charge in [0.2, 0.25) is 0 Å². The normalized spacial score (nSPS) is 12.6. The molecule has 0 saturated heterocycles. The summed E-state index contributed by atoms with van der Waals surface area (Å²) < 4.78 is 18.1. The first-order chi connectivity index (χ1) is 6.49. The molecule has 14 heavy (non-hydrogen) atoms. The minimum atomic E-state index is -0.888. The summed E-state index contributed by atoms with van der Waals surface area (Å²) in [7, 11) is 1.25. The highest BCUT2D eigenvalue weighted by Gasteiger charge is 2.19. The van der Waals surface area contributed by atoms with E-state index in [1.165, 1.54) is 20.1 Å². The molecule has 1 aromatic rings. The Bertz CT molecular complexity index is 352. The van der Waals surface area contributed by atoms with Crippen LogP contribution in [0.1, 0.15) is 18.6 Å². The van der Waals surface area contributed by atoms with Crippen molar-refractivity contribution in [1.82, 2.24) is 0 Å². The third-order valence-electron chi connectivity index (χ3n) is 1.83. The number of benzene rings is 1. The van der Waals surface area contributed by atoms with Crippen LogP contribution in [0.2, 0.25) is 0 Å². The third-order valence-corrected chi connectivity index (χ3v) is 2.41. The van der Waals surface area contributed by atoms with Gasteiger partial charge in [0.1, 0.15) is 0 Å². The molecule has 0 aliphatic rings. The summed E-state index contributed by atoms with van der Waals surface area (Å²) in [6.45, 7) is 1.47. The van der Waals surface area contributed by atoms with Crippen molar-refractivity contribution in [1.29, 1.82) is 0 Å². The number of aromatic hydroxyl groups is 1. The lowest BCUT2D eigenvalue weighted by Crippen LogP contribution is -1.97. The fourth-order valence-corrected chi connectivity index (χ4v) is 1.54. The predicted octanol–water partition coefficient (Wildman–Crippen LogP) is 2.36. The molecule has 0 saturated carbocycles. The highest BCUT2D eigenvalue weighted by Crippen LogP contribution is 2.39. The maximum absolute atomic E-state index is 13.3. The van der Waals surface area contributed by atoms with Crippen molar-refractivity contribution in [2.45, 2.75) is 13.0 Å². The van der Waals surface area contributed by atoms with Gasteiger partial charge < -0.3 is 14.9 Å². The van der Waals surface area contributed by atoms with Crippen molar-refractivity contribution in [3.63, 3.8) is 0 Å². The van der Waals surface area contributed by atoms with Crippen molar-refractivity contribution in [2.24, 2.45) is 0 Å². The third kappa shape index (κ3) is 1.83. The van der Waals surface area contributed by atoms with Gasteiger partial charge in [0.05, 0.1) is 17.7 Å². The summed E-state index contributed by atoms with van der Waals surface area (Å²) in [6, 6.07) is 1.32. The van der Waals surface area contributed by atoms with E-state index in [1.807, 2.05) is 0 Å². The second kappa shape index (κ2) is 4.14. The van der Waals surface area contributed by atoms with Gasteiger partial charge in [-0.3, -0.25) is 0 Å². The first kappa shape index (κ1) is 11.3. The Hall–Kier alpha value is -0.810. The molecule has 78 valence electrons. The van der Waals surface area contributed by atoms with Crippen LogP contribution in [0, 0.1) is 5.82 Å². The lowest BCUT2D eigenvalue weighted by molar-refractivity contribution is 0.193. The van der Waals surface area contributed by atoms with Crippen LogP contribution in [0.15, 0.2) is 10.5 Å². The van der Waals surface area contributed by atoms with Crippen LogP contribution in [0.4, 0.5) is 4.39 Å². The fraction of sp³-hybridized carbons (Fsp3) is 0.333. The van der Waals surface area contributed by atoms with Gasteiger partial charge in [0, 0.05) is 5.56 Å². The molecule has 0 heterocycles. The number of rotatable bonds is 2. The fourth-order valence-electron chi connectivity index (χ4n) is 1.12.